The monoisotopic (exact) mass is 331 g/mol. The van der Waals surface area contributed by atoms with Crippen molar-refractivity contribution >= 4 is 34.3 Å². The van der Waals surface area contributed by atoms with E-state index in [1.807, 2.05) is 28.3 Å². The zero-order chi connectivity index (χ0) is 14.9. The lowest BCUT2D eigenvalue weighted by Crippen LogP contribution is -2.13. The molecule has 0 unspecified atom stereocenters. The van der Waals surface area contributed by atoms with Gasteiger partial charge in [-0.2, -0.15) is 16.3 Å². The Morgan fingerprint density at radius 1 is 1.36 bits per heavy atom. The van der Waals surface area contributed by atoms with Gasteiger partial charge in [0.2, 0.25) is 5.91 Å². The average Bonchev–Trinajstić information content (AvgIpc) is 2.95. The van der Waals surface area contributed by atoms with E-state index in [0.717, 1.165) is 34.8 Å². The molecule has 7 heteroatoms. The Balaban J connectivity index is 1.50. The fourth-order valence-electron chi connectivity index (χ4n) is 2.18. The van der Waals surface area contributed by atoms with Crippen molar-refractivity contribution in [1.82, 2.24) is 10.1 Å². The smallest absolute Gasteiger partial charge is 0.270 e. The summed E-state index contributed by atoms with van der Waals surface area (Å²) < 4.78 is 5.34. The molecular formula is C15H13N3O2S2. The number of nitrogens with zero attached hydrogens (tertiary/aromatic N) is 2. The van der Waals surface area contributed by atoms with Gasteiger partial charge in [0.05, 0.1) is 12.1 Å². The summed E-state index contributed by atoms with van der Waals surface area (Å²) in [6.07, 6.45) is 2.64. The molecule has 0 bridgehead atoms. The van der Waals surface area contributed by atoms with Crippen molar-refractivity contribution in [2.24, 2.45) is 0 Å². The van der Waals surface area contributed by atoms with Crippen LogP contribution in [0.4, 0.5) is 5.69 Å². The first-order chi connectivity index (χ1) is 10.8. The van der Waals surface area contributed by atoms with E-state index in [2.05, 4.69) is 15.5 Å². The predicted molar refractivity (Wildman–Crippen MR) is 86.2 cm³/mol. The number of hydrogen-bond acceptors (Lipinski definition) is 6. The van der Waals surface area contributed by atoms with Crippen LogP contribution >= 0.6 is 22.7 Å². The second kappa shape index (κ2) is 5.66. The van der Waals surface area contributed by atoms with Crippen LogP contribution in [0.25, 0.3) is 10.8 Å². The van der Waals surface area contributed by atoms with E-state index >= 15 is 0 Å². The first-order valence-corrected chi connectivity index (χ1v) is 8.84. The highest BCUT2D eigenvalue weighted by molar-refractivity contribution is 7.14. The van der Waals surface area contributed by atoms with E-state index in [4.69, 9.17) is 4.52 Å². The van der Waals surface area contributed by atoms with Gasteiger partial charge in [0, 0.05) is 5.92 Å². The first-order valence-electron chi connectivity index (χ1n) is 7.02. The molecule has 1 aliphatic carbocycles. The fourth-order valence-corrected chi connectivity index (χ4v) is 3.62. The van der Waals surface area contributed by atoms with Gasteiger partial charge in [-0.15, -0.1) is 11.3 Å². The lowest BCUT2D eigenvalue weighted by molar-refractivity contribution is -0.115. The van der Waals surface area contributed by atoms with Crippen LogP contribution in [0.3, 0.4) is 0 Å². The highest BCUT2D eigenvalue weighted by Gasteiger charge is 2.29. The zero-order valence-corrected chi connectivity index (χ0v) is 13.2. The van der Waals surface area contributed by atoms with Crippen LogP contribution < -0.4 is 5.32 Å². The molecule has 3 aromatic heterocycles. The Morgan fingerprint density at radius 2 is 2.27 bits per heavy atom. The zero-order valence-electron chi connectivity index (χ0n) is 11.6. The molecule has 3 aromatic rings. The molecule has 0 spiro atoms. The largest absolute Gasteiger partial charge is 0.333 e. The summed E-state index contributed by atoms with van der Waals surface area (Å²) in [7, 11) is 0. The number of carbonyl (C=O) groups excluding carboxylic acids is 1. The van der Waals surface area contributed by atoms with Crippen LogP contribution in [-0.2, 0) is 11.2 Å². The third-order valence-corrected chi connectivity index (χ3v) is 5.10. The van der Waals surface area contributed by atoms with Crippen molar-refractivity contribution in [3.8, 4) is 10.8 Å². The number of thiophene rings is 2. The molecule has 0 atom stereocenters. The molecule has 1 fully saturated rings. The fraction of sp³-hybridized carbons (Fsp3) is 0.267. The van der Waals surface area contributed by atoms with Gasteiger partial charge >= 0.3 is 0 Å². The van der Waals surface area contributed by atoms with Gasteiger partial charge in [-0.3, -0.25) is 4.79 Å². The van der Waals surface area contributed by atoms with Crippen molar-refractivity contribution in [3.63, 3.8) is 0 Å². The third kappa shape index (κ3) is 2.82. The summed E-state index contributed by atoms with van der Waals surface area (Å²) in [6, 6.07) is 3.82. The number of nitrogens with one attached hydrogen (secondary N) is 1. The van der Waals surface area contributed by atoms with Crippen molar-refractivity contribution in [2.75, 3.05) is 5.32 Å². The van der Waals surface area contributed by atoms with Crippen molar-refractivity contribution < 1.29 is 9.32 Å². The van der Waals surface area contributed by atoms with Crippen molar-refractivity contribution in [1.29, 1.82) is 0 Å². The van der Waals surface area contributed by atoms with Gasteiger partial charge in [-0.05, 0) is 46.7 Å². The van der Waals surface area contributed by atoms with E-state index in [-0.39, 0.29) is 5.91 Å². The Bertz CT molecular complexity index is 787. The molecule has 4 rings (SSSR count). The summed E-state index contributed by atoms with van der Waals surface area (Å²) in [5.74, 6) is 1.68. The highest BCUT2D eigenvalue weighted by Crippen LogP contribution is 2.40. The quantitative estimate of drug-likeness (QED) is 0.769. The Hall–Kier alpha value is -1.99. The van der Waals surface area contributed by atoms with Gasteiger partial charge < -0.3 is 9.84 Å². The SMILES string of the molecule is O=C(Cc1ccsc1)Nc1ccsc1-c1nc(C2CC2)no1. The number of rotatable bonds is 5. The van der Waals surface area contributed by atoms with Gasteiger partial charge in [0.15, 0.2) is 5.82 Å². The third-order valence-electron chi connectivity index (χ3n) is 3.46. The normalized spacial score (nSPS) is 14.2. The second-order valence-corrected chi connectivity index (χ2v) is 6.95. The topological polar surface area (TPSA) is 68.0 Å². The highest BCUT2D eigenvalue weighted by atomic mass is 32.1. The standard InChI is InChI=1S/C15H13N3O2S2/c19-12(7-9-3-5-21-8-9)16-11-4-6-22-13(11)15-17-14(18-20-15)10-1-2-10/h3-6,8,10H,1-2,7H2,(H,16,19). The Labute approximate surface area is 135 Å². The molecule has 1 aliphatic rings. The number of carbonyl (C=O) groups is 1. The van der Waals surface area contributed by atoms with Crippen LogP contribution in [0.15, 0.2) is 32.8 Å². The summed E-state index contributed by atoms with van der Waals surface area (Å²) in [5, 5.41) is 12.8. The summed E-state index contributed by atoms with van der Waals surface area (Å²) in [4.78, 5) is 17.4. The van der Waals surface area contributed by atoms with Crippen molar-refractivity contribution in [3.05, 3.63) is 39.7 Å². The van der Waals surface area contributed by atoms with E-state index in [0.29, 0.717) is 18.2 Å². The van der Waals surface area contributed by atoms with Gasteiger partial charge in [0.25, 0.3) is 5.89 Å². The maximum atomic E-state index is 12.1. The molecule has 1 amide bonds. The van der Waals surface area contributed by atoms with Gasteiger partial charge in [0.1, 0.15) is 4.88 Å². The number of anilines is 1. The average molecular weight is 331 g/mol. The predicted octanol–water partition coefficient (Wildman–Crippen LogP) is 3.92. The Morgan fingerprint density at radius 3 is 3.05 bits per heavy atom. The van der Waals surface area contributed by atoms with Crippen molar-refractivity contribution in [2.45, 2.75) is 25.2 Å². The second-order valence-electron chi connectivity index (χ2n) is 5.25. The van der Waals surface area contributed by atoms with Crippen LogP contribution in [0.5, 0.6) is 0 Å². The molecular weight excluding hydrogens is 318 g/mol. The summed E-state index contributed by atoms with van der Waals surface area (Å²) in [6.45, 7) is 0. The molecule has 22 heavy (non-hydrogen) atoms. The molecule has 0 radical (unpaired) electrons. The molecule has 0 saturated heterocycles. The minimum absolute atomic E-state index is 0.0417. The molecule has 112 valence electrons. The van der Waals surface area contributed by atoms with Gasteiger partial charge in [-0.25, -0.2) is 0 Å². The number of hydrogen-bond donors (Lipinski definition) is 1. The molecule has 3 heterocycles. The maximum Gasteiger partial charge on any atom is 0.270 e. The van der Waals surface area contributed by atoms with Gasteiger partial charge in [-0.1, -0.05) is 5.16 Å². The van der Waals surface area contributed by atoms with Crippen LogP contribution in [0, 0.1) is 0 Å². The van der Waals surface area contributed by atoms with E-state index in [1.54, 1.807) is 11.3 Å². The van der Waals surface area contributed by atoms with E-state index in [1.165, 1.54) is 11.3 Å². The van der Waals surface area contributed by atoms with Crippen LogP contribution in [0.1, 0.15) is 30.1 Å². The lowest BCUT2D eigenvalue weighted by atomic mass is 10.2. The molecule has 1 saturated carbocycles. The number of amides is 1. The lowest BCUT2D eigenvalue weighted by Gasteiger charge is -2.03. The summed E-state index contributed by atoms with van der Waals surface area (Å²) >= 11 is 3.08. The molecule has 0 aliphatic heterocycles. The molecule has 0 aromatic carbocycles. The van der Waals surface area contributed by atoms with Crippen LogP contribution in [-0.4, -0.2) is 16.0 Å². The minimum atomic E-state index is -0.0417. The first kappa shape index (κ1) is 13.7. The molecule has 5 nitrogen and oxygen atoms in total. The molecule has 1 N–H and O–H groups in total. The summed E-state index contributed by atoms with van der Waals surface area (Å²) in [5.41, 5.74) is 1.75. The maximum absolute atomic E-state index is 12.1. The number of aromatic nitrogens is 2. The van der Waals surface area contributed by atoms with Crippen LogP contribution in [0.2, 0.25) is 0 Å². The van der Waals surface area contributed by atoms with E-state index < -0.39 is 0 Å². The minimum Gasteiger partial charge on any atom is -0.333 e. The Kier molecular flexibility index (Phi) is 3.51. The van der Waals surface area contributed by atoms with E-state index in [9.17, 15) is 4.79 Å².